The van der Waals surface area contributed by atoms with E-state index in [1.54, 1.807) is 17.0 Å². The Morgan fingerprint density at radius 2 is 2.05 bits per heavy atom. The van der Waals surface area contributed by atoms with E-state index in [0.717, 1.165) is 22.0 Å². The number of nitrogens with zero attached hydrogens (tertiary/aromatic N) is 2. The Labute approximate surface area is 121 Å². The third-order valence-corrected chi connectivity index (χ3v) is 3.72. The van der Waals surface area contributed by atoms with Crippen molar-refractivity contribution in [3.63, 3.8) is 0 Å². The zero-order chi connectivity index (χ0) is 14.1. The third-order valence-electron chi connectivity index (χ3n) is 3.36. The zero-order valence-corrected chi connectivity index (χ0v) is 11.8. The topological polar surface area (TPSA) is 34.9 Å². The summed E-state index contributed by atoms with van der Waals surface area (Å²) in [4.78, 5) is 16.5. The number of benzene rings is 1. The summed E-state index contributed by atoms with van der Waals surface area (Å²) in [5.41, 5.74) is 2.43. The van der Waals surface area contributed by atoms with Gasteiger partial charge in [0.1, 0.15) is 0 Å². The zero-order valence-electron chi connectivity index (χ0n) is 11.0. The molecule has 1 aromatic carbocycles. The Kier molecular flexibility index (Phi) is 3.28. The summed E-state index contributed by atoms with van der Waals surface area (Å²) >= 11 is 6.29. The highest BCUT2D eigenvalue weighted by Crippen LogP contribution is 2.24. The van der Waals surface area contributed by atoms with Crippen molar-refractivity contribution in [2.24, 2.45) is 0 Å². The summed E-state index contributed by atoms with van der Waals surface area (Å²) in [6.07, 6.45) is 3.51. The van der Waals surface area contributed by atoms with E-state index in [0.29, 0.717) is 11.6 Å². The van der Waals surface area contributed by atoms with E-state index in [9.17, 15) is 4.79 Å². The maximum absolute atomic E-state index is 12.1. The number of rotatable bonds is 2. The van der Waals surface area contributed by atoms with E-state index in [1.165, 1.54) is 0 Å². The van der Waals surface area contributed by atoms with Gasteiger partial charge < -0.3 is 4.57 Å². The molecule has 0 radical (unpaired) electrons. The van der Waals surface area contributed by atoms with Gasteiger partial charge >= 0.3 is 0 Å². The van der Waals surface area contributed by atoms with E-state index >= 15 is 0 Å². The van der Waals surface area contributed by atoms with Gasteiger partial charge in [0.15, 0.2) is 0 Å². The van der Waals surface area contributed by atoms with Crippen LogP contribution in [0.3, 0.4) is 0 Å². The van der Waals surface area contributed by atoms with Crippen molar-refractivity contribution in [3.8, 4) is 0 Å². The Bertz CT molecular complexity index is 839. The van der Waals surface area contributed by atoms with Gasteiger partial charge in [-0.2, -0.15) is 0 Å². The number of pyridine rings is 2. The second kappa shape index (κ2) is 5.10. The minimum atomic E-state index is -0.00324. The molecule has 0 bridgehead atoms. The van der Waals surface area contributed by atoms with Crippen molar-refractivity contribution in [2.75, 3.05) is 0 Å². The summed E-state index contributed by atoms with van der Waals surface area (Å²) in [6, 6.07) is 11.3. The molecule has 0 fully saturated rings. The normalized spacial score (nSPS) is 10.9. The molecule has 0 aliphatic heterocycles. The quantitative estimate of drug-likeness (QED) is 0.723. The highest BCUT2D eigenvalue weighted by Gasteiger charge is 2.09. The van der Waals surface area contributed by atoms with E-state index in [2.05, 4.69) is 4.98 Å². The lowest BCUT2D eigenvalue weighted by Crippen LogP contribution is -2.22. The van der Waals surface area contributed by atoms with E-state index in [1.807, 2.05) is 43.3 Å². The molecule has 0 saturated carbocycles. The molecular weight excluding hydrogens is 272 g/mol. The van der Waals surface area contributed by atoms with Crippen molar-refractivity contribution < 1.29 is 0 Å². The monoisotopic (exact) mass is 284 g/mol. The predicted octanol–water partition coefficient (Wildman–Crippen LogP) is 3.41. The van der Waals surface area contributed by atoms with Crippen LogP contribution in [0.25, 0.3) is 10.9 Å². The molecule has 3 nitrogen and oxygen atoms in total. The van der Waals surface area contributed by atoms with Gasteiger partial charge in [0.25, 0.3) is 5.56 Å². The number of fused-ring (bicyclic) bond motifs is 1. The summed E-state index contributed by atoms with van der Waals surface area (Å²) in [5, 5.41) is 1.65. The SMILES string of the molecule is Cc1cccn(Cc2c(Cl)ccc3cccnc23)c1=O. The standard InChI is InChI=1S/C16H13ClN2O/c1-11-4-3-9-19(16(11)20)10-13-14(17)7-6-12-5-2-8-18-15(12)13/h2-9H,10H2,1H3. The van der Waals surface area contributed by atoms with Gasteiger partial charge in [0, 0.05) is 33.9 Å². The van der Waals surface area contributed by atoms with Crippen molar-refractivity contribution >= 4 is 22.5 Å². The third kappa shape index (κ3) is 2.21. The van der Waals surface area contributed by atoms with Crippen LogP contribution in [0.5, 0.6) is 0 Å². The first kappa shape index (κ1) is 12.9. The van der Waals surface area contributed by atoms with Gasteiger partial charge in [-0.3, -0.25) is 9.78 Å². The Morgan fingerprint density at radius 1 is 1.20 bits per heavy atom. The molecule has 0 N–H and O–H groups in total. The Hall–Kier alpha value is -2.13. The average Bonchev–Trinajstić information content (AvgIpc) is 2.46. The predicted molar refractivity (Wildman–Crippen MR) is 81.3 cm³/mol. The first-order valence-corrected chi connectivity index (χ1v) is 6.73. The molecule has 2 heterocycles. The fourth-order valence-corrected chi connectivity index (χ4v) is 2.50. The smallest absolute Gasteiger partial charge is 0.253 e. The molecule has 3 rings (SSSR count). The van der Waals surface area contributed by atoms with Crippen LogP contribution >= 0.6 is 11.6 Å². The van der Waals surface area contributed by atoms with Gasteiger partial charge in [-0.15, -0.1) is 0 Å². The van der Waals surface area contributed by atoms with Crippen LogP contribution in [0, 0.1) is 6.92 Å². The van der Waals surface area contributed by atoms with Gasteiger partial charge in [-0.05, 0) is 25.1 Å². The number of hydrogen-bond acceptors (Lipinski definition) is 2. The highest BCUT2D eigenvalue weighted by atomic mass is 35.5. The van der Waals surface area contributed by atoms with Crippen LogP contribution in [0.15, 0.2) is 53.6 Å². The fraction of sp³-hybridized carbons (Fsp3) is 0.125. The highest BCUT2D eigenvalue weighted by molar-refractivity contribution is 6.32. The molecule has 0 aliphatic rings. The molecule has 4 heteroatoms. The average molecular weight is 285 g/mol. The lowest BCUT2D eigenvalue weighted by atomic mass is 10.1. The van der Waals surface area contributed by atoms with Gasteiger partial charge in [0.05, 0.1) is 12.1 Å². The molecule has 0 aliphatic carbocycles. The number of halogens is 1. The summed E-state index contributed by atoms with van der Waals surface area (Å²) < 4.78 is 1.66. The molecule has 3 aromatic rings. The van der Waals surface area contributed by atoms with E-state index in [4.69, 9.17) is 11.6 Å². The molecular formula is C16H13ClN2O. The van der Waals surface area contributed by atoms with Crippen LogP contribution in [-0.4, -0.2) is 9.55 Å². The summed E-state index contributed by atoms with van der Waals surface area (Å²) in [6.45, 7) is 2.23. The maximum Gasteiger partial charge on any atom is 0.253 e. The Morgan fingerprint density at radius 3 is 2.90 bits per heavy atom. The first-order chi connectivity index (χ1) is 9.66. The number of hydrogen-bond donors (Lipinski definition) is 0. The van der Waals surface area contributed by atoms with Crippen molar-refractivity contribution in [3.05, 3.63) is 75.3 Å². The minimum Gasteiger partial charge on any atom is -0.311 e. The molecule has 0 unspecified atom stereocenters. The van der Waals surface area contributed by atoms with Crippen molar-refractivity contribution in [2.45, 2.75) is 13.5 Å². The fourth-order valence-electron chi connectivity index (χ4n) is 2.28. The molecule has 0 atom stereocenters. The van der Waals surface area contributed by atoms with Crippen molar-refractivity contribution in [1.82, 2.24) is 9.55 Å². The van der Waals surface area contributed by atoms with Crippen LogP contribution in [0.1, 0.15) is 11.1 Å². The second-order valence-electron chi connectivity index (χ2n) is 4.73. The van der Waals surface area contributed by atoms with Gasteiger partial charge in [-0.1, -0.05) is 29.8 Å². The number of aryl methyl sites for hydroxylation is 1. The van der Waals surface area contributed by atoms with Gasteiger partial charge in [0.2, 0.25) is 0 Å². The van der Waals surface area contributed by atoms with E-state index < -0.39 is 0 Å². The Balaban J connectivity index is 2.18. The van der Waals surface area contributed by atoms with Gasteiger partial charge in [-0.25, -0.2) is 0 Å². The molecule has 2 aromatic heterocycles. The minimum absolute atomic E-state index is 0.00324. The van der Waals surface area contributed by atoms with Crippen LogP contribution in [0.2, 0.25) is 5.02 Å². The van der Waals surface area contributed by atoms with Crippen LogP contribution in [-0.2, 0) is 6.54 Å². The molecule has 100 valence electrons. The molecule has 0 spiro atoms. The molecule has 20 heavy (non-hydrogen) atoms. The number of aromatic nitrogens is 2. The molecule has 0 amide bonds. The van der Waals surface area contributed by atoms with Crippen LogP contribution < -0.4 is 5.56 Å². The first-order valence-electron chi connectivity index (χ1n) is 6.35. The van der Waals surface area contributed by atoms with E-state index in [-0.39, 0.29) is 5.56 Å². The largest absolute Gasteiger partial charge is 0.311 e. The van der Waals surface area contributed by atoms with Crippen molar-refractivity contribution in [1.29, 1.82) is 0 Å². The summed E-state index contributed by atoms with van der Waals surface area (Å²) in [5.74, 6) is 0. The van der Waals surface area contributed by atoms with Crippen LogP contribution in [0.4, 0.5) is 0 Å². The molecule has 0 saturated heterocycles. The lowest BCUT2D eigenvalue weighted by Gasteiger charge is -2.10. The second-order valence-corrected chi connectivity index (χ2v) is 5.13. The lowest BCUT2D eigenvalue weighted by molar-refractivity contribution is 0.755. The maximum atomic E-state index is 12.1. The summed E-state index contributed by atoms with van der Waals surface area (Å²) in [7, 11) is 0.